The minimum atomic E-state index is -0.861. The molecule has 5 heteroatoms. The highest BCUT2D eigenvalue weighted by Gasteiger charge is 2.29. The van der Waals surface area contributed by atoms with Gasteiger partial charge in [-0.05, 0) is 73.9 Å². The molecule has 19 heavy (non-hydrogen) atoms. The molecule has 0 aromatic carbocycles. The van der Waals surface area contributed by atoms with Crippen LogP contribution in [-0.4, -0.2) is 68.7 Å². The molecule has 0 rings (SSSR count). The van der Waals surface area contributed by atoms with E-state index in [1.807, 2.05) is 0 Å². The molecule has 0 spiro atoms. The number of esters is 1. The fourth-order valence-electron chi connectivity index (χ4n) is 1.88. The Morgan fingerprint density at radius 2 is 1.74 bits per heavy atom. The summed E-state index contributed by atoms with van der Waals surface area (Å²) in [5, 5.41) is 0. The van der Waals surface area contributed by atoms with Crippen LogP contribution in [0.3, 0.4) is 0 Å². The van der Waals surface area contributed by atoms with E-state index in [0.717, 1.165) is 32.5 Å². The molecule has 1 atom stereocenters. The van der Waals surface area contributed by atoms with Crippen LogP contribution in [-0.2, 0) is 9.53 Å². The van der Waals surface area contributed by atoms with E-state index in [2.05, 4.69) is 30.9 Å². The smallest absolute Gasteiger partial charge is 0.325 e. The summed E-state index contributed by atoms with van der Waals surface area (Å²) < 4.78 is 4.97. The Morgan fingerprint density at radius 3 is 2.26 bits per heavy atom. The van der Waals surface area contributed by atoms with E-state index in [4.69, 9.17) is 10.5 Å². The number of carbonyl (C=O) groups excluding carboxylic acids is 1. The molecule has 0 aromatic rings. The Kier molecular flexibility index (Phi) is 8.97. The molecule has 2 N–H and O–H groups in total. The first kappa shape index (κ1) is 18.4. The molecule has 114 valence electrons. The monoisotopic (exact) mass is 273 g/mol. The number of nitrogens with two attached hydrogens (primary N) is 1. The number of rotatable bonds is 10. The van der Waals surface area contributed by atoms with Gasteiger partial charge in [-0.15, -0.1) is 0 Å². The van der Waals surface area contributed by atoms with Crippen molar-refractivity contribution in [2.45, 2.75) is 38.6 Å². The third kappa shape index (κ3) is 8.97. The van der Waals surface area contributed by atoms with Crippen molar-refractivity contribution in [2.75, 3.05) is 47.4 Å². The molecule has 0 aromatic heterocycles. The van der Waals surface area contributed by atoms with Crippen molar-refractivity contribution < 1.29 is 9.53 Å². The molecule has 0 fully saturated rings. The highest BCUT2D eigenvalue weighted by atomic mass is 16.5. The minimum absolute atomic E-state index is 0.301. The number of hydrogen-bond donors (Lipinski definition) is 1. The van der Waals surface area contributed by atoms with E-state index in [1.165, 1.54) is 0 Å². The van der Waals surface area contributed by atoms with Gasteiger partial charge in [-0.25, -0.2) is 0 Å². The van der Waals surface area contributed by atoms with Crippen LogP contribution in [0, 0.1) is 0 Å². The van der Waals surface area contributed by atoms with Crippen LogP contribution in [0.15, 0.2) is 0 Å². The van der Waals surface area contributed by atoms with Gasteiger partial charge in [0.05, 0.1) is 6.61 Å². The molecular formula is C14H31N3O2. The number of ether oxygens (including phenoxy) is 1. The summed E-state index contributed by atoms with van der Waals surface area (Å²) in [7, 11) is 6.27. The molecule has 0 bridgehead atoms. The van der Waals surface area contributed by atoms with E-state index in [9.17, 15) is 4.79 Å². The lowest BCUT2D eigenvalue weighted by molar-refractivity contribution is -0.149. The zero-order valence-corrected chi connectivity index (χ0v) is 13.2. The topological polar surface area (TPSA) is 58.8 Å². The fraction of sp³-hybridized carbons (Fsp3) is 0.929. The summed E-state index contributed by atoms with van der Waals surface area (Å²) in [6, 6.07) is 0. The van der Waals surface area contributed by atoms with Gasteiger partial charge >= 0.3 is 5.97 Å². The second kappa shape index (κ2) is 9.28. The Labute approximate surface area is 118 Å². The van der Waals surface area contributed by atoms with Crippen molar-refractivity contribution in [3.63, 3.8) is 0 Å². The average molecular weight is 273 g/mol. The van der Waals surface area contributed by atoms with Gasteiger partial charge in [0, 0.05) is 0 Å². The van der Waals surface area contributed by atoms with Gasteiger partial charge in [-0.3, -0.25) is 4.79 Å². The van der Waals surface area contributed by atoms with E-state index in [-0.39, 0.29) is 5.97 Å². The first-order valence-corrected chi connectivity index (χ1v) is 7.09. The number of nitrogens with zero attached hydrogens (tertiary/aromatic N) is 2. The van der Waals surface area contributed by atoms with Gasteiger partial charge in [0.2, 0.25) is 0 Å². The minimum Gasteiger partial charge on any atom is -0.465 e. The zero-order chi connectivity index (χ0) is 14.9. The predicted molar refractivity (Wildman–Crippen MR) is 79.1 cm³/mol. The van der Waals surface area contributed by atoms with Crippen LogP contribution >= 0.6 is 0 Å². The molecule has 0 saturated carbocycles. The van der Waals surface area contributed by atoms with Crippen LogP contribution in [0.5, 0.6) is 0 Å². The Morgan fingerprint density at radius 1 is 1.16 bits per heavy atom. The Hall–Kier alpha value is -0.650. The van der Waals surface area contributed by atoms with Crippen molar-refractivity contribution in [3.8, 4) is 0 Å². The third-order valence-corrected chi connectivity index (χ3v) is 3.12. The van der Waals surface area contributed by atoms with Crippen molar-refractivity contribution >= 4 is 5.97 Å². The Bertz CT molecular complexity index is 255. The van der Waals surface area contributed by atoms with Crippen LogP contribution < -0.4 is 5.73 Å². The van der Waals surface area contributed by atoms with E-state index in [1.54, 1.807) is 13.8 Å². The van der Waals surface area contributed by atoms with Crippen LogP contribution in [0.25, 0.3) is 0 Å². The lowest BCUT2D eigenvalue weighted by atomic mass is 9.97. The van der Waals surface area contributed by atoms with Crippen molar-refractivity contribution in [1.82, 2.24) is 9.80 Å². The molecule has 0 aliphatic heterocycles. The highest BCUT2D eigenvalue weighted by Crippen LogP contribution is 2.11. The largest absolute Gasteiger partial charge is 0.465 e. The normalized spacial score (nSPS) is 14.7. The molecule has 0 heterocycles. The van der Waals surface area contributed by atoms with Gasteiger partial charge in [-0.1, -0.05) is 0 Å². The lowest BCUT2D eigenvalue weighted by Gasteiger charge is -2.24. The van der Waals surface area contributed by atoms with Gasteiger partial charge < -0.3 is 20.3 Å². The second-order valence-corrected chi connectivity index (χ2v) is 5.70. The molecule has 0 aliphatic carbocycles. The fourth-order valence-corrected chi connectivity index (χ4v) is 1.88. The zero-order valence-electron chi connectivity index (χ0n) is 13.2. The quantitative estimate of drug-likeness (QED) is 0.600. The maximum Gasteiger partial charge on any atom is 0.325 e. The standard InChI is InChI=1S/C14H31N3O2/c1-6-19-13(18)14(2,15)9-7-11-17(5)12-8-10-16(3)4/h6-12,15H2,1-5H3. The van der Waals surface area contributed by atoms with Gasteiger partial charge in [0.1, 0.15) is 5.54 Å². The summed E-state index contributed by atoms with van der Waals surface area (Å²) in [6.07, 6.45) is 2.72. The van der Waals surface area contributed by atoms with E-state index >= 15 is 0 Å². The summed E-state index contributed by atoms with van der Waals surface area (Å²) in [5.74, 6) is -0.301. The molecule has 0 amide bonds. The first-order valence-electron chi connectivity index (χ1n) is 7.09. The first-order chi connectivity index (χ1) is 8.79. The predicted octanol–water partition coefficient (Wildman–Crippen LogP) is 0.931. The maximum absolute atomic E-state index is 11.6. The van der Waals surface area contributed by atoms with Crippen LogP contribution in [0.1, 0.15) is 33.1 Å². The number of hydrogen-bond acceptors (Lipinski definition) is 5. The van der Waals surface area contributed by atoms with Gasteiger partial charge in [0.25, 0.3) is 0 Å². The summed E-state index contributed by atoms with van der Waals surface area (Å²) in [4.78, 5) is 16.1. The van der Waals surface area contributed by atoms with Crippen molar-refractivity contribution in [1.29, 1.82) is 0 Å². The molecule has 0 aliphatic rings. The molecule has 0 radical (unpaired) electrons. The Balaban J connectivity index is 3.79. The summed E-state index contributed by atoms with van der Waals surface area (Å²) in [6.45, 7) is 7.06. The van der Waals surface area contributed by atoms with Crippen molar-refractivity contribution in [2.24, 2.45) is 5.73 Å². The van der Waals surface area contributed by atoms with E-state index in [0.29, 0.717) is 13.0 Å². The van der Waals surface area contributed by atoms with Crippen LogP contribution in [0.2, 0.25) is 0 Å². The summed E-state index contributed by atoms with van der Waals surface area (Å²) in [5.41, 5.74) is 5.11. The van der Waals surface area contributed by atoms with Crippen molar-refractivity contribution in [3.05, 3.63) is 0 Å². The maximum atomic E-state index is 11.6. The third-order valence-electron chi connectivity index (χ3n) is 3.12. The van der Waals surface area contributed by atoms with Gasteiger partial charge in [0.15, 0.2) is 0 Å². The molecule has 5 nitrogen and oxygen atoms in total. The highest BCUT2D eigenvalue weighted by molar-refractivity contribution is 5.79. The lowest BCUT2D eigenvalue weighted by Crippen LogP contribution is -2.46. The van der Waals surface area contributed by atoms with E-state index < -0.39 is 5.54 Å². The second-order valence-electron chi connectivity index (χ2n) is 5.70. The van der Waals surface area contributed by atoms with Crippen LogP contribution in [0.4, 0.5) is 0 Å². The molecule has 0 saturated heterocycles. The summed E-state index contributed by atoms with van der Waals surface area (Å²) >= 11 is 0. The van der Waals surface area contributed by atoms with Gasteiger partial charge in [-0.2, -0.15) is 0 Å². The number of carbonyl (C=O) groups is 1. The molecular weight excluding hydrogens is 242 g/mol. The SMILES string of the molecule is CCOC(=O)C(C)(N)CCCN(C)CCCN(C)C. The molecule has 1 unspecified atom stereocenters. The average Bonchev–Trinajstić information content (AvgIpc) is 2.28.